The fourth-order valence-corrected chi connectivity index (χ4v) is 3.64. The maximum absolute atomic E-state index is 4.72. The molecular formula is C20H19BrN4. The van der Waals surface area contributed by atoms with Crippen LogP contribution in [-0.4, -0.2) is 16.5 Å². The third kappa shape index (κ3) is 3.51. The number of nitrogens with zero attached hydrogens (tertiary/aromatic N) is 3. The molecule has 3 aromatic rings. The number of aromatic nitrogens is 2. The van der Waals surface area contributed by atoms with E-state index < -0.39 is 0 Å². The van der Waals surface area contributed by atoms with Crippen LogP contribution < -0.4 is 10.2 Å². The average molecular weight is 395 g/mol. The molecule has 1 aliphatic heterocycles. The van der Waals surface area contributed by atoms with E-state index in [0.717, 1.165) is 41.1 Å². The summed E-state index contributed by atoms with van der Waals surface area (Å²) in [6.45, 7) is 3.94. The summed E-state index contributed by atoms with van der Waals surface area (Å²) in [7, 11) is 0. The van der Waals surface area contributed by atoms with E-state index in [1.807, 2.05) is 24.4 Å². The van der Waals surface area contributed by atoms with Gasteiger partial charge in [-0.1, -0.05) is 40.2 Å². The summed E-state index contributed by atoms with van der Waals surface area (Å²) in [6, 6.07) is 16.7. The Labute approximate surface area is 156 Å². The lowest BCUT2D eigenvalue weighted by atomic mass is 10.00. The van der Waals surface area contributed by atoms with Crippen LogP contribution in [0.15, 0.2) is 59.2 Å². The molecule has 25 heavy (non-hydrogen) atoms. The summed E-state index contributed by atoms with van der Waals surface area (Å²) in [6.07, 6.45) is 2.87. The molecule has 1 N–H and O–H groups in total. The Balaban J connectivity index is 1.56. The molecule has 0 spiro atoms. The molecule has 126 valence electrons. The van der Waals surface area contributed by atoms with Gasteiger partial charge >= 0.3 is 0 Å². The van der Waals surface area contributed by atoms with E-state index in [-0.39, 0.29) is 0 Å². The first-order valence-corrected chi connectivity index (χ1v) is 9.16. The van der Waals surface area contributed by atoms with E-state index in [0.29, 0.717) is 5.95 Å². The van der Waals surface area contributed by atoms with E-state index in [2.05, 4.69) is 68.4 Å². The molecule has 0 atom stereocenters. The molecule has 0 saturated heterocycles. The third-order valence-electron chi connectivity index (χ3n) is 4.53. The number of fused-ring (bicyclic) bond motifs is 1. The number of anilines is 3. The van der Waals surface area contributed by atoms with Crippen molar-refractivity contribution in [1.29, 1.82) is 0 Å². The SMILES string of the molecule is Cc1cc(Br)ccc1Nc1nccc(N2CCc3ccccc3C2)n1. The Morgan fingerprint density at radius 1 is 1.08 bits per heavy atom. The van der Waals surface area contributed by atoms with Gasteiger partial charge in [0, 0.05) is 29.4 Å². The van der Waals surface area contributed by atoms with Crippen molar-refractivity contribution >= 4 is 33.4 Å². The highest BCUT2D eigenvalue weighted by Gasteiger charge is 2.17. The molecular weight excluding hydrogens is 376 g/mol. The number of hydrogen-bond donors (Lipinski definition) is 1. The van der Waals surface area contributed by atoms with Crippen molar-refractivity contribution in [1.82, 2.24) is 9.97 Å². The van der Waals surface area contributed by atoms with Crippen LogP contribution in [0.25, 0.3) is 0 Å². The Kier molecular flexibility index (Phi) is 4.40. The highest BCUT2D eigenvalue weighted by Crippen LogP contribution is 2.25. The molecule has 0 aliphatic carbocycles. The monoisotopic (exact) mass is 394 g/mol. The van der Waals surface area contributed by atoms with Gasteiger partial charge in [-0.3, -0.25) is 0 Å². The Hall–Kier alpha value is -2.40. The zero-order chi connectivity index (χ0) is 17.2. The summed E-state index contributed by atoms with van der Waals surface area (Å²) in [5, 5.41) is 3.33. The number of rotatable bonds is 3. The first-order chi connectivity index (χ1) is 12.2. The number of hydrogen-bond acceptors (Lipinski definition) is 4. The van der Waals surface area contributed by atoms with Gasteiger partial charge in [-0.05, 0) is 54.3 Å². The summed E-state index contributed by atoms with van der Waals surface area (Å²) in [5.74, 6) is 1.59. The van der Waals surface area contributed by atoms with Gasteiger partial charge in [-0.25, -0.2) is 4.98 Å². The van der Waals surface area contributed by atoms with Crippen molar-refractivity contribution in [2.75, 3.05) is 16.8 Å². The highest BCUT2D eigenvalue weighted by atomic mass is 79.9. The second-order valence-electron chi connectivity index (χ2n) is 6.26. The summed E-state index contributed by atoms with van der Waals surface area (Å²) in [5.41, 5.74) is 4.99. The molecule has 1 aromatic heterocycles. The summed E-state index contributed by atoms with van der Waals surface area (Å²) < 4.78 is 1.07. The van der Waals surface area contributed by atoms with Crippen LogP contribution in [0, 0.1) is 6.92 Å². The Morgan fingerprint density at radius 3 is 2.76 bits per heavy atom. The largest absolute Gasteiger partial charge is 0.352 e. The van der Waals surface area contributed by atoms with Crippen molar-refractivity contribution in [2.24, 2.45) is 0 Å². The molecule has 4 nitrogen and oxygen atoms in total. The van der Waals surface area contributed by atoms with Gasteiger partial charge in [-0.2, -0.15) is 4.98 Å². The lowest BCUT2D eigenvalue weighted by molar-refractivity contribution is 0.720. The molecule has 0 fully saturated rings. The Morgan fingerprint density at radius 2 is 1.92 bits per heavy atom. The minimum atomic E-state index is 0.627. The van der Waals surface area contributed by atoms with Crippen LogP contribution >= 0.6 is 15.9 Å². The van der Waals surface area contributed by atoms with E-state index in [1.165, 1.54) is 11.1 Å². The van der Waals surface area contributed by atoms with Crippen LogP contribution in [0.4, 0.5) is 17.5 Å². The fraction of sp³-hybridized carbons (Fsp3) is 0.200. The van der Waals surface area contributed by atoms with Crippen molar-refractivity contribution in [3.05, 3.63) is 75.9 Å². The van der Waals surface area contributed by atoms with E-state index >= 15 is 0 Å². The minimum Gasteiger partial charge on any atom is -0.352 e. The average Bonchev–Trinajstić information content (AvgIpc) is 2.64. The van der Waals surface area contributed by atoms with Gasteiger partial charge in [0.05, 0.1) is 0 Å². The molecule has 5 heteroatoms. The zero-order valence-electron chi connectivity index (χ0n) is 14.0. The molecule has 4 rings (SSSR count). The van der Waals surface area contributed by atoms with Crippen LogP contribution in [0.3, 0.4) is 0 Å². The maximum Gasteiger partial charge on any atom is 0.229 e. The number of halogens is 1. The Bertz CT molecular complexity index is 910. The van der Waals surface area contributed by atoms with Crippen LogP contribution in [-0.2, 0) is 13.0 Å². The van der Waals surface area contributed by atoms with Gasteiger partial charge in [0.2, 0.25) is 5.95 Å². The molecule has 0 saturated carbocycles. The molecule has 2 heterocycles. The predicted molar refractivity (Wildman–Crippen MR) is 105 cm³/mol. The number of benzene rings is 2. The van der Waals surface area contributed by atoms with Crippen LogP contribution in [0.1, 0.15) is 16.7 Å². The standard InChI is InChI=1S/C20H19BrN4/c1-14-12-17(21)6-7-18(14)23-20-22-10-8-19(24-20)25-11-9-15-4-2-3-5-16(15)13-25/h2-8,10,12H,9,11,13H2,1H3,(H,22,23,24). The molecule has 0 radical (unpaired) electrons. The van der Waals surface area contributed by atoms with Crippen molar-refractivity contribution in [3.63, 3.8) is 0 Å². The number of nitrogens with one attached hydrogen (secondary N) is 1. The van der Waals surface area contributed by atoms with Crippen molar-refractivity contribution in [2.45, 2.75) is 19.9 Å². The normalized spacial score (nSPS) is 13.4. The van der Waals surface area contributed by atoms with Gasteiger partial charge in [0.15, 0.2) is 0 Å². The quantitative estimate of drug-likeness (QED) is 0.688. The molecule has 0 bridgehead atoms. The van der Waals surface area contributed by atoms with E-state index in [4.69, 9.17) is 4.98 Å². The first kappa shape index (κ1) is 16.1. The van der Waals surface area contributed by atoms with E-state index in [9.17, 15) is 0 Å². The summed E-state index contributed by atoms with van der Waals surface area (Å²) in [4.78, 5) is 11.4. The fourth-order valence-electron chi connectivity index (χ4n) is 3.16. The van der Waals surface area contributed by atoms with Gasteiger partial charge in [0.25, 0.3) is 0 Å². The number of aryl methyl sites for hydroxylation is 1. The van der Waals surface area contributed by atoms with Crippen LogP contribution in [0.2, 0.25) is 0 Å². The maximum atomic E-state index is 4.72. The van der Waals surface area contributed by atoms with Gasteiger partial charge in [-0.15, -0.1) is 0 Å². The highest BCUT2D eigenvalue weighted by molar-refractivity contribution is 9.10. The smallest absolute Gasteiger partial charge is 0.229 e. The lowest BCUT2D eigenvalue weighted by Crippen LogP contribution is -2.31. The molecule has 2 aromatic carbocycles. The minimum absolute atomic E-state index is 0.627. The lowest BCUT2D eigenvalue weighted by Gasteiger charge is -2.29. The summed E-state index contributed by atoms with van der Waals surface area (Å²) >= 11 is 3.49. The molecule has 1 aliphatic rings. The second-order valence-corrected chi connectivity index (χ2v) is 7.18. The molecule has 0 amide bonds. The zero-order valence-corrected chi connectivity index (χ0v) is 15.6. The molecule has 0 unspecified atom stereocenters. The topological polar surface area (TPSA) is 41.1 Å². The van der Waals surface area contributed by atoms with Crippen LogP contribution in [0.5, 0.6) is 0 Å². The van der Waals surface area contributed by atoms with Crippen molar-refractivity contribution in [3.8, 4) is 0 Å². The second kappa shape index (κ2) is 6.84. The van der Waals surface area contributed by atoms with E-state index in [1.54, 1.807) is 0 Å². The van der Waals surface area contributed by atoms with Crippen molar-refractivity contribution < 1.29 is 0 Å². The third-order valence-corrected chi connectivity index (χ3v) is 5.02. The van der Waals surface area contributed by atoms with Gasteiger partial charge in [0.1, 0.15) is 5.82 Å². The van der Waals surface area contributed by atoms with Gasteiger partial charge < -0.3 is 10.2 Å². The first-order valence-electron chi connectivity index (χ1n) is 8.37. The predicted octanol–water partition coefficient (Wildman–Crippen LogP) is 4.85.